The van der Waals surface area contributed by atoms with Crippen molar-refractivity contribution in [1.82, 2.24) is 5.32 Å². The summed E-state index contributed by atoms with van der Waals surface area (Å²) in [6, 6.07) is 4.88. The van der Waals surface area contributed by atoms with Gasteiger partial charge in [0.1, 0.15) is 0 Å². The fourth-order valence-corrected chi connectivity index (χ4v) is 1.74. The van der Waals surface area contributed by atoms with E-state index in [2.05, 4.69) is 10.6 Å². The second-order valence-corrected chi connectivity index (χ2v) is 5.19. The van der Waals surface area contributed by atoms with E-state index in [-0.39, 0.29) is 23.7 Å². The first kappa shape index (κ1) is 16.8. The number of alkyl halides is 3. The van der Waals surface area contributed by atoms with E-state index in [1.54, 1.807) is 19.9 Å². The highest BCUT2D eigenvalue weighted by Crippen LogP contribution is 2.35. The minimum absolute atomic E-state index is 0.00460. The zero-order valence-corrected chi connectivity index (χ0v) is 11.9. The van der Waals surface area contributed by atoms with Crippen LogP contribution in [0.2, 0.25) is 0 Å². The molecule has 1 rings (SSSR count). The maximum absolute atomic E-state index is 12.9. The van der Waals surface area contributed by atoms with Gasteiger partial charge in [-0.25, -0.2) is 0 Å². The standard InChI is InChI=1S/C14H16F3N3O/c1-13(2,12(21)19-3)8-20-11-6-9(7-18)4-5-10(11)14(15,16)17/h4-6,20H,8H2,1-3H3,(H,19,21). The molecule has 114 valence electrons. The van der Waals surface area contributed by atoms with Crippen LogP contribution in [0.25, 0.3) is 0 Å². The highest BCUT2D eigenvalue weighted by Gasteiger charge is 2.34. The molecule has 0 saturated heterocycles. The normalized spacial score (nSPS) is 11.7. The van der Waals surface area contributed by atoms with Gasteiger partial charge in [0.25, 0.3) is 0 Å². The summed E-state index contributed by atoms with van der Waals surface area (Å²) in [6.45, 7) is 3.23. The van der Waals surface area contributed by atoms with Crippen LogP contribution in [0.4, 0.5) is 18.9 Å². The molecule has 0 unspecified atom stereocenters. The van der Waals surface area contributed by atoms with Crippen LogP contribution < -0.4 is 10.6 Å². The Hall–Kier alpha value is -2.23. The Morgan fingerprint density at radius 2 is 1.95 bits per heavy atom. The predicted octanol–water partition coefficient (Wildman–Crippen LogP) is 2.76. The maximum Gasteiger partial charge on any atom is 0.418 e. The summed E-state index contributed by atoms with van der Waals surface area (Å²) < 4.78 is 38.8. The van der Waals surface area contributed by atoms with Gasteiger partial charge in [-0.05, 0) is 32.0 Å². The SMILES string of the molecule is CNC(=O)C(C)(C)CNc1cc(C#N)ccc1C(F)(F)F. The molecule has 2 N–H and O–H groups in total. The average molecular weight is 299 g/mol. The van der Waals surface area contributed by atoms with Crippen LogP contribution in [0.3, 0.4) is 0 Å². The molecule has 1 aromatic rings. The van der Waals surface area contributed by atoms with Crippen molar-refractivity contribution >= 4 is 11.6 Å². The number of anilines is 1. The number of rotatable bonds is 4. The fraction of sp³-hybridized carbons (Fsp3) is 0.429. The first-order valence-electron chi connectivity index (χ1n) is 6.19. The first-order valence-corrected chi connectivity index (χ1v) is 6.19. The lowest BCUT2D eigenvalue weighted by molar-refractivity contribution is -0.137. The lowest BCUT2D eigenvalue weighted by atomic mass is 9.92. The molecule has 7 heteroatoms. The van der Waals surface area contributed by atoms with Gasteiger partial charge in [0.05, 0.1) is 22.6 Å². The number of nitrogens with one attached hydrogen (secondary N) is 2. The van der Waals surface area contributed by atoms with Crippen LogP contribution in [0.1, 0.15) is 25.0 Å². The van der Waals surface area contributed by atoms with E-state index in [1.165, 1.54) is 7.05 Å². The molecule has 0 heterocycles. The van der Waals surface area contributed by atoms with Gasteiger partial charge in [-0.2, -0.15) is 18.4 Å². The number of hydrogen-bond donors (Lipinski definition) is 2. The van der Waals surface area contributed by atoms with Gasteiger partial charge in [0.15, 0.2) is 0 Å². The van der Waals surface area contributed by atoms with E-state index in [1.807, 2.05) is 0 Å². The Balaban J connectivity index is 3.07. The number of carbonyl (C=O) groups is 1. The molecule has 0 aliphatic rings. The van der Waals surface area contributed by atoms with Gasteiger partial charge in [0.2, 0.25) is 5.91 Å². The molecule has 0 atom stereocenters. The van der Waals surface area contributed by atoms with Crippen molar-refractivity contribution in [3.8, 4) is 6.07 Å². The molecule has 0 radical (unpaired) electrons. The number of hydrogen-bond acceptors (Lipinski definition) is 3. The molecule has 1 aromatic carbocycles. The minimum Gasteiger partial charge on any atom is -0.383 e. The highest BCUT2D eigenvalue weighted by molar-refractivity contribution is 5.82. The maximum atomic E-state index is 12.9. The smallest absolute Gasteiger partial charge is 0.383 e. The van der Waals surface area contributed by atoms with Crippen molar-refractivity contribution in [2.45, 2.75) is 20.0 Å². The third-order valence-electron chi connectivity index (χ3n) is 3.02. The molecule has 0 aliphatic carbocycles. The Kier molecular flexibility index (Phi) is 4.84. The first-order chi connectivity index (χ1) is 9.61. The van der Waals surface area contributed by atoms with Crippen molar-refractivity contribution in [3.63, 3.8) is 0 Å². The summed E-state index contributed by atoms with van der Waals surface area (Å²) in [6.07, 6.45) is -4.53. The summed E-state index contributed by atoms with van der Waals surface area (Å²) in [5.74, 6) is -0.292. The van der Waals surface area contributed by atoms with Gasteiger partial charge < -0.3 is 10.6 Å². The summed E-state index contributed by atoms with van der Waals surface area (Å²) in [5.41, 5.74) is -1.85. The molecular formula is C14H16F3N3O. The lowest BCUT2D eigenvalue weighted by Gasteiger charge is -2.24. The minimum atomic E-state index is -4.53. The molecule has 0 spiro atoms. The second-order valence-electron chi connectivity index (χ2n) is 5.19. The molecule has 1 amide bonds. The molecule has 0 fully saturated rings. The van der Waals surface area contributed by atoms with Gasteiger partial charge >= 0.3 is 6.18 Å². The molecule has 0 aromatic heterocycles. The fourth-order valence-electron chi connectivity index (χ4n) is 1.74. The van der Waals surface area contributed by atoms with Crippen LogP contribution in [-0.2, 0) is 11.0 Å². The molecule has 4 nitrogen and oxygen atoms in total. The number of amides is 1. The molecule has 0 bridgehead atoms. The zero-order chi connectivity index (χ0) is 16.3. The van der Waals surface area contributed by atoms with E-state index < -0.39 is 17.2 Å². The largest absolute Gasteiger partial charge is 0.418 e. The van der Waals surface area contributed by atoms with Gasteiger partial charge in [0, 0.05) is 19.3 Å². The van der Waals surface area contributed by atoms with Crippen molar-refractivity contribution < 1.29 is 18.0 Å². The quantitative estimate of drug-likeness (QED) is 0.898. The van der Waals surface area contributed by atoms with Crippen molar-refractivity contribution in [2.75, 3.05) is 18.9 Å². The third-order valence-corrected chi connectivity index (χ3v) is 3.02. The van der Waals surface area contributed by atoms with Crippen molar-refractivity contribution in [3.05, 3.63) is 29.3 Å². The average Bonchev–Trinajstić information content (AvgIpc) is 2.42. The third kappa shape index (κ3) is 4.12. The summed E-state index contributed by atoms with van der Waals surface area (Å²) in [7, 11) is 1.46. The zero-order valence-electron chi connectivity index (χ0n) is 11.9. The summed E-state index contributed by atoms with van der Waals surface area (Å²) >= 11 is 0. The topological polar surface area (TPSA) is 64.9 Å². The summed E-state index contributed by atoms with van der Waals surface area (Å²) in [5, 5.41) is 13.9. The van der Waals surface area contributed by atoms with Gasteiger partial charge in [-0.15, -0.1) is 0 Å². The van der Waals surface area contributed by atoms with Crippen LogP contribution in [0.5, 0.6) is 0 Å². The van der Waals surface area contributed by atoms with E-state index in [4.69, 9.17) is 5.26 Å². The molecule has 0 aliphatic heterocycles. The molecule has 21 heavy (non-hydrogen) atoms. The number of benzene rings is 1. The Bertz CT molecular complexity index is 574. The highest BCUT2D eigenvalue weighted by atomic mass is 19.4. The van der Waals surface area contributed by atoms with Gasteiger partial charge in [-0.1, -0.05) is 0 Å². The van der Waals surface area contributed by atoms with Crippen molar-refractivity contribution in [2.24, 2.45) is 5.41 Å². The number of nitriles is 1. The van der Waals surface area contributed by atoms with Crippen LogP contribution in [-0.4, -0.2) is 19.5 Å². The Morgan fingerprint density at radius 3 is 2.43 bits per heavy atom. The van der Waals surface area contributed by atoms with E-state index in [9.17, 15) is 18.0 Å². The van der Waals surface area contributed by atoms with Crippen LogP contribution in [0, 0.1) is 16.7 Å². The molecule has 0 saturated carbocycles. The van der Waals surface area contributed by atoms with E-state index in [0.29, 0.717) is 0 Å². The summed E-state index contributed by atoms with van der Waals surface area (Å²) in [4.78, 5) is 11.6. The van der Waals surface area contributed by atoms with E-state index >= 15 is 0 Å². The second kappa shape index (κ2) is 6.04. The van der Waals surface area contributed by atoms with Crippen LogP contribution >= 0.6 is 0 Å². The lowest BCUT2D eigenvalue weighted by Crippen LogP contribution is -2.39. The van der Waals surface area contributed by atoms with Crippen molar-refractivity contribution in [1.29, 1.82) is 5.26 Å². The number of nitrogens with zero attached hydrogens (tertiary/aromatic N) is 1. The molecular weight excluding hydrogens is 283 g/mol. The Morgan fingerprint density at radius 1 is 1.33 bits per heavy atom. The van der Waals surface area contributed by atoms with E-state index in [0.717, 1.165) is 18.2 Å². The monoisotopic (exact) mass is 299 g/mol. The predicted molar refractivity (Wildman–Crippen MR) is 72.5 cm³/mol. The Labute approximate surface area is 121 Å². The van der Waals surface area contributed by atoms with Gasteiger partial charge in [-0.3, -0.25) is 4.79 Å². The van der Waals surface area contributed by atoms with Crippen LogP contribution in [0.15, 0.2) is 18.2 Å². The number of halogens is 3. The number of carbonyl (C=O) groups excluding carboxylic acids is 1.